The van der Waals surface area contributed by atoms with Gasteiger partial charge in [0.2, 0.25) is 0 Å². The predicted molar refractivity (Wildman–Crippen MR) is 74.3 cm³/mol. The maximum Gasteiger partial charge on any atom is 0.138 e. The third kappa shape index (κ3) is 2.91. The lowest BCUT2D eigenvalue weighted by molar-refractivity contribution is 0.390. The largest absolute Gasteiger partial charge is 0.508 e. The van der Waals surface area contributed by atoms with Crippen LogP contribution in [0.2, 0.25) is 5.02 Å². The molecule has 1 aromatic carbocycles. The number of hydrogen-bond acceptors (Lipinski definition) is 4. The molecule has 0 spiro atoms. The molecule has 1 unspecified atom stereocenters. The molecular formula is C14H17ClN2O2. The van der Waals surface area contributed by atoms with E-state index in [9.17, 15) is 5.11 Å². The fraction of sp³-hybridized carbons (Fsp3) is 0.357. The zero-order valence-electron chi connectivity index (χ0n) is 11.2. The number of nitrogens with one attached hydrogen (secondary N) is 1. The lowest BCUT2D eigenvalue weighted by atomic mass is 10.1. The Labute approximate surface area is 117 Å². The normalized spacial score (nSPS) is 12.6. The van der Waals surface area contributed by atoms with Crippen LogP contribution in [0, 0.1) is 13.8 Å². The first-order valence-electron chi connectivity index (χ1n) is 6.13. The summed E-state index contributed by atoms with van der Waals surface area (Å²) in [7, 11) is 0. The molecule has 2 aromatic rings. The summed E-state index contributed by atoms with van der Waals surface area (Å²) in [6.45, 7) is 6.31. The number of phenols is 1. The summed E-state index contributed by atoms with van der Waals surface area (Å²) in [5.74, 6) is 1.01. The maximum atomic E-state index is 9.79. The van der Waals surface area contributed by atoms with Gasteiger partial charge in [0.1, 0.15) is 11.5 Å². The Hall–Kier alpha value is -1.52. The standard InChI is InChI=1S/C14H17ClN2O2/c1-8(14-9(2)17-19-10(14)3)16-7-11-12(15)5-4-6-13(11)18/h4-6,8,16,18H,7H2,1-3H3. The smallest absolute Gasteiger partial charge is 0.138 e. The molecule has 1 atom stereocenters. The fourth-order valence-electron chi connectivity index (χ4n) is 2.19. The number of aromatic hydroxyl groups is 1. The first kappa shape index (κ1) is 13.9. The van der Waals surface area contributed by atoms with E-state index in [1.54, 1.807) is 18.2 Å². The first-order valence-corrected chi connectivity index (χ1v) is 6.51. The molecule has 0 aliphatic rings. The van der Waals surface area contributed by atoms with Gasteiger partial charge in [0, 0.05) is 28.7 Å². The molecule has 0 aliphatic carbocycles. The van der Waals surface area contributed by atoms with Crippen LogP contribution in [0.25, 0.3) is 0 Å². The second kappa shape index (κ2) is 5.63. The van der Waals surface area contributed by atoms with Gasteiger partial charge in [0.15, 0.2) is 0 Å². The lowest BCUT2D eigenvalue weighted by Crippen LogP contribution is -2.19. The minimum atomic E-state index is 0.0712. The number of aryl methyl sites for hydroxylation is 2. The Bertz CT molecular complexity index is 541. The number of hydrogen-bond donors (Lipinski definition) is 2. The molecule has 0 aliphatic heterocycles. The molecule has 1 heterocycles. The van der Waals surface area contributed by atoms with Crippen LogP contribution >= 0.6 is 11.6 Å². The number of rotatable bonds is 4. The van der Waals surface area contributed by atoms with Gasteiger partial charge in [-0.15, -0.1) is 0 Å². The molecule has 102 valence electrons. The molecule has 0 saturated carbocycles. The van der Waals surface area contributed by atoms with Gasteiger partial charge in [-0.05, 0) is 32.9 Å². The van der Waals surface area contributed by atoms with E-state index >= 15 is 0 Å². The zero-order chi connectivity index (χ0) is 14.0. The summed E-state index contributed by atoms with van der Waals surface area (Å²) in [6.07, 6.45) is 0. The quantitative estimate of drug-likeness (QED) is 0.900. The van der Waals surface area contributed by atoms with Crippen molar-refractivity contribution in [3.63, 3.8) is 0 Å². The average molecular weight is 281 g/mol. The monoisotopic (exact) mass is 280 g/mol. The predicted octanol–water partition coefficient (Wildman–Crippen LogP) is 3.50. The summed E-state index contributed by atoms with van der Waals surface area (Å²) in [4.78, 5) is 0. The van der Waals surface area contributed by atoms with Crippen molar-refractivity contribution >= 4 is 11.6 Å². The van der Waals surface area contributed by atoms with Crippen LogP contribution in [0.3, 0.4) is 0 Å². The average Bonchev–Trinajstić information content (AvgIpc) is 2.68. The highest BCUT2D eigenvalue weighted by molar-refractivity contribution is 6.31. The molecule has 5 heteroatoms. The van der Waals surface area contributed by atoms with E-state index < -0.39 is 0 Å². The van der Waals surface area contributed by atoms with Crippen molar-refractivity contribution in [1.29, 1.82) is 0 Å². The van der Waals surface area contributed by atoms with Crippen LogP contribution in [0.15, 0.2) is 22.7 Å². The number of benzene rings is 1. The van der Waals surface area contributed by atoms with E-state index in [0.717, 1.165) is 17.0 Å². The van der Waals surface area contributed by atoms with Crippen molar-refractivity contribution in [2.75, 3.05) is 0 Å². The lowest BCUT2D eigenvalue weighted by Gasteiger charge is -2.15. The van der Waals surface area contributed by atoms with Gasteiger partial charge in [0.25, 0.3) is 0 Å². The molecule has 1 aromatic heterocycles. The van der Waals surface area contributed by atoms with Crippen molar-refractivity contribution in [2.24, 2.45) is 0 Å². The van der Waals surface area contributed by atoms with Gasteiger partial charge in [-0.2, -0.15) is 0 Å². The van der Waals surface area contributed by atoms with E-state index in [4.69, 9.17) is 16.1 Å². The molecule has 2 rings (SSSR count). The molecule has 0 radical (unpaired) electrons. The van der Waals surface area contributed by atoms with Crippen LogP contribution in [0.4, 0.5) is 0 Å². The van der Waals surface area contributed by atoms with Crippen molar-refractivity contribution in [3.8, 4) is 5.75 Å². The molecule has 2 N–H and O–H groups in total. The minimum absolute atomic E-state index is 0.0712. The van der Waals surface area contributed by atoms with Gasteiger partial charge >= 0.3 is 0 Å². The Morgan fingerprint density at radius 1 is 1.42 bits per heavy atom. The van der Waals surface area contributed by atoms with Crippen molar-refractivity contribution in [1.82, 2.24) is 10.5 Å². The van der Waals surface area contributed by atoms with Crippen molar-refractivity contribution < 1.29 is 9.63 Å². The van der Waals surface area contributed by atoms with Crippen LogP contribution in [0.5, 0.6) is 5.75 Å². The van der Waals surface area contributed by atoms with Crippen LogP contribution in [-0.4, -0.2) is 10.3 Å². The molecule has 0 bridgehead atoms. The maximum absolute atomic E-state index is 9.79. The zero-order valence-corrected chi connectivity index (χ0v) is 12.0. The highest BCUT2D eigenvalue weighted by Gasteiger charge is 2.16. The second-order valence-corrected chi connectivity index (χ2v) is 4.99. The van der Waals surface area contributed by atoms with E-state index in [1.165, 1.54) is 0 Å². The van der Waals surface area contributed by atoms with Gasteiger partial charge in [-0.1, -0.05) is 22.8 Å². The topological polar surface area (TPSA) is 58.3 Å². The number of phenolic OH excluding ortho intramolecular Hbond substituents is 1. The number of halogens is 1. The van der Waals surface area contributed by atoms with E-state index in [-0.39, 0.29) is 11.8 Å². The minimum Gasteiger partial charge on any atom is -0.508 e. The van der Waals surface area contributed by atoms with Gasteiger partial charge in [-0.25, -0.2) is 0 Å². The van der Waals surface area contributed by atoms with E-state index in [1.807, 2.05) is 20.8 Å². The Kier molecular flexibility index (Phi) is 4.12. The molecule has 0 fully saturated rings. The summed E-state index contributed by atoms with van der Waals surface area (Å²) < 4.78 is 5.15. The highest BCUT2D eigenvalue weighted by Crippen LogP contribution is 2.27. The Morgan fingerprint density at radius 3 is 2.74 bits per heavy atom. The molecule has 0 saturated heterocycles. The third-order valence-electron chi connectivity index (χ3n) is 3.20. The molecule has 19 heavy (non-hydrogen) atoms. The van der Waals surface area contributed by atoms with E-state index in [0.29, 0.717) is 17.1 Å². The van der Waals surface area contributed by atoms with Crippen LogP contribution in [-0.2, 0) is 6.54 Å². The molecule has 0 amide bonds. The second-order valence-electron chi connectivity index (χ2n) is 4.58. The molecular weight excluding hydrogens is 264 g/mol. The van der Waals surface area contributed by atoms with Gasteiger partial charge in [0.05, 0.1) is 5.69 Å². The number of aromatic nitrogens is 1. The molecule has 4 nitrogen and oxygen atoms in total. The van der Waals surface area contributed by atoms with Crippen LogP contribution in [0.1, 0.15) is 35.5 Å². The highest BCUT2D eigenvalue weighted by atomic mass is 35.5. The van der Waals surface area contributed by atoms with Gasteiger partial charge in [-0.3, -0.25) is 0 Å². The summed E-state index contributed by atoms with van der Waals surface area (Å²) in [5, 5.41) is 17.6. The Morgan fingerprint density at radius 2 is 2.16 bits per heavy atom. The first-order chi connectivity index (χ1) is 9.00. The summed E-state index contributed by atoms with van der Waals surface area (Å²) in [5.41, 5.74) is 2.62. The van der Waals surface area contributed by atoms with Crippen LogP contribution < -0.4 is 5.32 Å². The van der Waals surface area contributed by atoms with Gasteiger partial charge < -0.3 is 14.9 Å². The summed E-state index contributed by atoms with van der Waals surface area (Å²) >= 11 is 6.07. The van der Waals surface area contributed by atoms with Crippen molar-refractivity contribution in [2.45, 2.75) is 33.4 Å². The third-order valence-corrected chi connectivity index (χ3v) is 3.55. The summed E-state index contributed by atoms with van der Waals surface area (Å²) in [6, 6.07) is 5.18. The Balaban J connectivity index is 2.11. The fourth-order valence-corrected chi connectivity index (χ4v) is 2.42. The van der Waals surface area contributed by atoms with E-state index in [2.05, 4.69) is 10.5 Å². The van der Waals surface area contributed by atoms with Crippen molar-refractivity contribution in [3.05, 3.63) is 45.8 Å². The SMILES string of the molecule is Cc1noc(C)c1C(C)NCc1c(O)cccc1Cl. The number of nitrogens with zero attached hydrogens (tertiary/aromatic N) is 1.